The summed E-state index contributed by atoms with van der Waals surface area (Å²) in [4.78, 5) is 6.10. The topological polar surface area (TPSA) is 41.3 Å². The number of hydrogen-bond donors (Lipinski definition) is 1. The molecule has 0 saturated carbocycles. The molecule has 0 spiro atoms. The van der Waals surface area contributed by atoms with Gasteiger partial charge >= 0.3 is 0 Å². The van der Waals surface area contributed by atoms with Crippen molar-refractivity contribution >= 4 is 16.8 Å². The van der Waals surface area contributed by atoms with Crippen molar-refractivity contribution in [3.05, 3.63) is 24.3 Å². The summed E-state index contributed by atoms with van der Waals surface area (Å²) in [5.74, 6) is -0.269. The summed E-state index contributed by atoms with van der Waals surface area (Å²) in [6.07, 6.45) is 1.36. The smallest absolute Gasteiger partial charge is 0.182 e. The lowest BCUT2D eigenvalue weighted by molar-refractivity contribution is 0.572. The Morgan fingerprint density at radius 3 is 2.94 bits per heavy atom. The first kappa shape index (κ1) is 9.59. The minimum atomic E-state index is -0.269. The Labute approximate surface area is 92.1 Å². The summed E-state index contributed by atoms with van der Waals surface area (Å²) in [7, 11) is 0. The molecule has 1 aromatic carbocycles. The number of oxazole rings is 1. The number of halogens is 1. The monoisotopic (exact) mass is 221 g/mol. The van der Waals surface area contributed by atoms with Gasteiger partial charge in [0.05, 0.1) is 5.69 Å². The first-order valence-electron chi connectivity index (χ1n) is 5.33. The summed E-state index contributed by atoms with van der Waals surface area (Å²) < 4.78 is 18.7. The van der Waals surface area contributed by atoms with E-state index in [1.807, 2.05) is 0 Å². The Hall–Kier alpha value is -1.62. The van der Waals surface area contributed by atoms with E-state index in [1.54, 1.807) is 0 Å². The molecule has 2 aromatic rings. The standard InChI is InChI=1S/C11H12FN3O/c12-8-5-9-11(16-7-14-9)10(6-8)15-3-1-13-2-4-15/h5-7,13H,1-4H2. The number of fused-ring (bicyclic) bond motifs is 1. The Bertz CT molecular complexity index is 505. The molecule has 0 unspecified atom stereocenters. The second-order valence-corrected chi connectivity index (χ2v) is 3.86. The highest BCUT2D eigenvalue weighted by Crippen LogP contribution is 2.27. The number of rotatable bonds is 1. The van der Waals surface area contributed by atoms with Crippen LogP contribution in [0.4, 0.5) is 10.1 Å². The van der Waals surface area contributed by atoms with Crippen LogP contribution in [-0.4, -0.2) is 31.2 Å². The van der Waals surface area contributed by atoms with Crippen LogP contribution in [0, 0.1) is 5.82 Å². The SMILES string of the molecule is Fc1cc(N2CCNCC2)c2ocnc2c1. The van der Waals surface area contributed by atoms with E-state index in [1.165, 1.54) is 18.5 Å². The lowest BCUT2D eigenvalue weighted by Gasteiger charge is -2.29. The normalized spacial score (nSPS) is 16.9. The Balaban J connectivity index is 2.09. The Kier molecular flexibility index (Phi) is 2.25. The van der Waals surface area contributed by atoms with Gasteiger partial charge in [0.15, 0.2) is 12.0 Å². The second kappa shape index (κ2) is 3.75. The lowest BCUT2D eigenvalue weighted by atomic mass is 10.2. The molecule has 5 heteroatoms. The van der Waals surface area contributed by atoms with Crippen LogP contribution in [0.15, 0.2) is 22.9 Å². The molecule has 0 amide bonds. The van der Waals surface area contributed by atoms with Crippen LogP contribution in [0.2, 0.25) is 0 Å². The van der Waals surface area contributed by atoms with Gasteiger partial charge in [-0.15, -0.1) is 0 Å². The van der Waals surface area contributed by atoms with Crippen LogP contribution >= 0.6 is 0 Å². The van der Waals surface area contributed by atoms with Crippen molar-refractivity contribution in [3.8, 4) is 0 Å². The number of nitrogens with one attached hydrogen (secondary N) is 1. The maximum absolute atomic E-state index is 13.4. The van der Waals surface area contributed by atoms with Crippen LogP contribution in [0.5, 0.6) is 0 Å². The lowest BCUT2D eigenvalue weighted by Crippen LogP contribution is -2.43. The largest absolute Gasteiger partial charge is 0.441 e. The van der Waals surface area contributed by atoms with Crippen LogP contribution in [-0.2, 0) is 0 Å². The third-order valence-electron chi connectivity index (χ3n) is 2.83. The fraction of sp³-hybridized carbons (Fsp3) is 0.364. The van der Waals surface area contributed by atoms with Gasteiger partial charge in [0, 0.05) is 38.3 Å². The zero-order valence-electron chi connectivity index (χ0n) is 8.74. The van der Waals surface area contributed by atoms with Crippen molar-refractivity contribution in [2.75, 3.05) is 31.1 Å². The third-order valence-corrected chi connectivity index (χ3v) is 2.83. The molecule has 1 aliphatic rings. The van der Waals surface area contributed by atoms with Crippen molar-refractivity contribution in [1.82, 2.24) is 10.3 Å². The fourth-order valence-electron chi connectivity index (χ4n) is 2.06. The number of aromatic nitrogens is 1. The molecule has 0 radical (unpaired) electrons. The van der Waals surface area contributed by atoms with E-state index < -0.39 is 0 Å². The van der Waals surface area contributed by atoms with E-state index >= 15 is 0 Å². The molecule has 1 aliphatic heterocycles. The van der Waals surface area contributed by atoms with Gasteiger partial charge in [0.1, 0.15) is 11.3 Å². The summed E-state index contributed by atoms with van der Waals surface area (Å²) in [6, 6.07) is 2.91. The molecule has 4 nitrogen and oxygen atoms in total. The quantitative estimate of drug-likeness (QED) is 0.789. The van der Waals surface area contributed by atoms with Gasteiger partial charge in [-0.1, -0.05) is 0 Å². The average molecular weight is 221 g/mol. The maximum atomic E-state index is 13.4. The summed E-state index contributed by atoms with van der Waals surface area (Å²) in [5.41, 5.74) is 2.05. The van der Waals surface area contributed by atoms with Crippen molar-refractivity contribution in [1.29, 1.82) is 0 Å². The fourth-order valence-corrected chi connectivity index (χ4v) is 2.06. The van der Waals surface area contributed by atoms with E-state index in [4.69, 9.17) is 4.42 Å². The number of hydrogen-bond acceptors (Lipinski definition) is 4. The maximum Gasteiger partial charge on any atom is 0.182 e. The van der Waals surface area contributed by atoms with Gasteiger partial charge in [0.2, 0.25) is 0 Å². The highest BCUT2D eigenvalue weighted by molar-refractivity contribution is 5.86. The Morgan fingerprint density at radius 1 is 1.31 bits per heavy atom. The number of anilines is 1. The van der Waals surface area contributed by atoms with Crippen molar-refractivity contribution < 1.29 is 8.81 Å². The van der Waals surface area contributed by atoms with Gasteiger partial charge < -0.3 is 14.6 Å². The van der Waals surface area contributed by atoms with Gasteiger partial charge in [-0.05, 0) is 0 Å². The molecule has 1 N–H and O–H groups in total. The minimum Gasteiger partial charge on any atom is -0.441 e. The van der Waals surface area contributed by atoms with Gasteiger partial charge in [-0.25, -0.2) is 9.37 Å². The Morgan fingerprint density at radius 2 is 2.12 bits per heavy atom. The zero-order chi connectivity index (χ0) is 11.0. The molecule has 84 valence electrons. The predicted octanol–water partition coefficient (Wildman–Crippen LogP) is 1.38. The van der Waals surface area contributed by atoms with Gasteiger partial charge in [-0.2, -0.15) is 0 Å². The highest BCUT2D eigenvalue weighted by atomic mass is 19.1. The molecule has 1 fully saturated rings. The number of piperazine rings is 1. The van der Waals surface area contributed by atoms with E-state index in [9.17, 15) is 4.39 Å². The van der Waals surface area contributed by atoms with Crippen LogP contribution in [0.1, 0.15) is 0 Å². The molecule has 3 rings (SSSR count). The van der Waals surface area contributed by atoms with Crippen molar-refractivity contribution in [2.24, 2.45) is 0 Å². The van der Waals surface area contributed by atoms with E-state index in [2.05, 4.69) is 15.2 Å². The van der Waals surface area contributed by atoms with E-state index in [0.29, 0.717) is 11.1 Å². The molecular weight excluding hydrogens is 209 g/mol. The first-order chi connectivity index (χ1) is 7.84. The summed E-state index contributed by atoms with van der Waals surface area (Å²) in [5, 5.41) is 3.26. The molecule has 0 atom stereocenters. The molecule has 0 bridgehead atoms. The van der Waals surface area contributed by atoms with E-state index in [-0.39, 0.29) is 5.82 Å². The van der Waals surface area contributed by atoms with Crippen molar-refractivity contribution in [3.63, 3.8) is 0 Å². The summed E-state index contributed by atoms with van der Waals surface area (Å²) >= 11 is 0. The van der Waals surface area contributed by atoms with Crippen LogP contribution in [0.3, 0.4) is 0 Å². The number of nitrogens with zero attached hydrogens (tertiary/aromatic N) is 2. The average Bonchev–Trinajstić information content (AvgIpc) is 2.77. The minimum absolute atomic E-state index is 0.269. The number of benzene rings is 1. The molecule has 1 saturated heterocycles. The highest BCUT2D eigenvalue weighted by Gasteiger charge is 2.16. The molecule has 0 aliphatic carbocycles. The van der Waals surface area contributed by atoms with Gasteiger partial charge in [0.25, 0.3) is 0 Å². The predicted molar refractivity (Wildman–Crippen MR) is 59.0 cm³/mol. The van der Waals surface area contributed by atoms with E-state index in [0.717, 1.165) is 31.9 Å². The zero-order valence-corrected chi connectivity index (χ0v) is 8.74. The second-order valence-electron chi connectivity index (χ2n) is 3.86. The molecular formula is C11H12FN3O. The molecule has 2 heterocycles. The molecule has 16 heavy (non-hydrogen) atoms. The molecule has 1 aromatic heterocycles. The van der Waals surface area contributed by atoms with Crippen molar-refractivity contribution in [2.45, 2.75) is 0 Å². The first-order valence-corrected chi connectivity index (χ1v) is 5.33. The van der Waals surface area contributed by atoms with Gasteiger partial charge in [-0.3, -0.25) is 0 Å². The third kappa shape index (κ3) is 1.53. The summed E-state index contributed by atoms with van der Waals surface area (Å²) in [6.45, 7) is 3.54. The van der Waals surface area contributed by atoms with Crippen LogP contribution in [0.25, 0.3) is 11.1 Å². The van der Waals surface area contributed by atoms with Crippen LogP contribution < -0.4 is 10.2 Å².